The van der Waals surface area contributed by atoms with Gasteiger partial charge in [0.15, 0.2) is 0 Å². The maximum Gasteiger partial charge on any atom is 0.214 e. The number of nitrogen functional groups attached to an aromatic ring is 1. The van der Waals surface area contributed by atoms with Crippen LogP contribution in [0.5, 0.6) is 5.75 Å². The van der Waals surface area contributed by atoms with Crippen LogP contribution in [0.25, 0.3) is 16.6 Å². The standard InChI is InChI=1S/C27H30N5O2PS/c1-17-12-19-14-24(30-23(19)15-22(17)31-36-3)26(33)21-16-29-32(27(21)28)25-9-8-20(13-18(25)2)34-10-6-4-5-7-11-35/h4-9,12-16,30-31H,10-11,28,35H2,1-3H3/b6-4-,7-5-. The highest BCUT2D eigenvalue weighted by atomic mass is 32.2. The smallest absolute Gasteiger partial charge is 0.214 e. The summed E-state index contributed by atoms with van der Waals surface area (Å²) in [6.07, 6.45) is 12.4. The van der Waals surface area contributed by atoms with E-state index in [1.165, 1.54) is 18.1 Å². The van der Waals surface area contributed by atoms with Crippen LogP contribution in [0.4, 0.5) is 11.5 Å². The van der Waals surface area contributed by atoms with Crippen LogP contribution in [0.1, 0.15) is 27.2 Å². The van der Waals surface area contributed by atoms with E-state index in [-0.39, 0.29) is 5.78 Å². The lowest BCUT2D eigenvalue weighted by Crippen LogP contribution is -2.08. The van der Waals surface area contributed by atoms with Crippen molar-refractivity contribution in [1.82, 2.24) is 14.8 Å². The van der Waals surface area contributed by atoms with Crippen LogP contribution < -0.4 is 15.2 Å². The molecule has 1 unspecified atom stereocenters. The van der Waals surface area contributed by atoms with Crippen LogP contribution in [0.2, 0.25) is 0 Å². The molecule has 7 nitrogen and oxygen atoms in total. The molecule has 4 N–H and O–H groups in total. The minimum Gasteiger partial charge on any atom is -0.490 e. The van der Waals surface area contributed by atoms with Gasteiger partial charge in [-0.1, -0.05) is 30.2 Å². The lowest BCUT2D eigenvalue weighted by Gasteiger charge is -2.11. The zero-order chi connectivity index (χ0) is 25.7. The first-order chi connectivity index (χ1) is 17.4. The Kier molecular flexibility index (Phi) is 8.18. The quantitative estimate of drug-likeness (QED) is 0.105. The van der Waals surface area contributed by atoms with E-state index in [1.54, 1.807) is 4.68 Å². The highest BCUT2D eigenvalue weighted by molar-refractivity contribution is 7.99. The van der Waals surface area contributed by atoms with E-state index in [9.17, 15) is 4.79 Å². The molecule has 1 atom stereocenters. The number of hydrogen-bond acceptors (Lipinski definition) is 6. The van der Waals surface area contributed by atoms with Gasteiger partial charge in [0, 0.05) is 22.8 Å². The second-order valence-electron chi connectivity index (χ2n) is 8.28. The minimum absolute atomic E-state index is 0.202. The zero-order valence-corrected chi connectivity index (χ0v) is 22.5. The number of hydrogen-bond donors (Lipinski definition) is 3. The lowest BCUT2D eigenvalue weighted by atomic mass is 10.1. The number of aromatic amines is 1. The van der Waals surface area contributed by atoms with E-state index in [4.69, 9.17) is 10.5 Å². The number of carbonyl (C=O) groups excluding carboxylic acids is 1. The first-order valence-electron chi connectivity index (χ1n) is 11.5. The van der Waals surface area contributed by atoms with Crippen LogP contribution in [0.3, 0.4) is 0 Å². The Morgan fingerprint density at radius 1 is 1.19 bits per heavy atom. The van der Waals surface area contributed by atoms with E-state index < -0.39 is 0 Å². The van der Waals surface area contributed by atoms with Crippen molar-refractivity contribution >= 4 is 49.4 Å². The topological polar surface area (TPSA) is 98.0 Å². The number of aromatic nitrogens is 3. The molecule has 186 valence electrons. The van der Waals surface area contributed by atoms with Crippen molar-refractivity contribution in [1.29, 1.82) is 0 Å². The maximum absolute atomic E-state index is 13.3. The molecule has 36 heavy (non-hydrogen) atoms. The van der Waals surface area contributed by atoms with E-state index >= 15 is 0 Å². The molecular weight excluding hydrogens is 489 g/mol. The van der Waals surface area contributed by atoms with Crippen molar-refractivity contribution in [2.45, 2.75) is 13.8 Å². The van der Waals surface area contributed by atoms with Crippen molar-refractivity contribution in [2.24, 2.45) is 0 Å². The van der Waals surface area contributed by atoms with Crippen LogP contribution in [0.15, 0.2) is 66.9 Å². The number of rotatable bonds is 10. The molecule has 9 heteroatoms. The van der Waals surface area contributed by atoms with Crippen molar-refractivity contribution in [3.05, 3.63) is 89.3 Å². The number of fused-ring (bicyclic) bond motifs is 1. The molecule has 0 spiro atoms. The number of ether oxygens (including phenoxy) is 1. The summed E-state index contributed by atoms with van der Waals surface area (Å²) in [6, 6.07) is 11.6. The van der Waals surface area contributed by atoms with Gasteiger partial charge in [-0.3, -0.25) is 4.79 Å². The number of aryl methyl sites for hydroxylation is 2. The van der Waals surface area contributed by atoms with Gasteiger partial charge >= 0.3 is 0 Å². The van der Waals surface area contributed by atoms with Crippen molar-refractivity contribution < 1.29 is 9.53 Å². The Bertz CT molecular complexity index is 1450. The number of nitrogens with zero attached hydrogens (tertiary/aromatic N) is 2. The molecule has 0 saturated carbocycles. The third-order valence-corrected chi connectivity index (χ3v) is 6.43. The fourth-order valence-electron chi connectivity index (χ4n) is 3.90. The third kappa shape index (κ3) is 5.50. The van der Waals surface area contributed by atoms with Gasteiger partial charge < -0.3 is 20.2 Å². The summed E-state index contributed by atoms with van der Waals surface area (Å²) in [5.74, 6) is 0.842. The molecule has 4 aromatic rings. The lowest BCUT2D eigenvalue weighted by molar-refractivity contribution is 0.103. The molecule has 2 heterocycles. The molecule has 0 saturated heterocycles. The monoisotopic (exact) mass is 519 g/mol. The number of nitrogens with one attached hydrogen (secondary N) is 2. The largest absolute Gasteiger partial charge is 0.490 e. The first-order valence-corrected chi connectivity index (χ1v) is 13.5. The number of H-pyrrole nitrogens is 1. The summed E-state index contributed by atoms with van der Waals surface area (Å²) in [6.45, 7) is 4.47. The molecule has 0 bridgehead atoms. The Hall–Kier alpha value is -3.48. The molecular formula is C27H30N5O2PS. The summed E-state index contributed by atoms with van der Waals surface area (Å²) in [5.41, 5.74) is 11.9. The molecule has 2 aromatic carbocycles. The molecule has 2 aromatic heterocycles. The van der Waals surface area contributed by atoms with Crippen LogP contribution in [-0.2, 0) is 0 Å². The van der Waals surface area contributed by atoms with Gasteiger partial charge in [0.25, 0.3) is 0 Å². The highest BCUT2D eigenvalue weighted by Crippen LogP contribution is 2.28. The highest BCUT2D eigenvalue weighted by Gasteiger charge is 2.20. The summed E-state index contributed by atoms with van der Waals surface area (Å²) < 4.78 is 10.7. The van der Waals surface area contributed by atoms with Gasteiger partial charge in [-0.15, -0.1) is 9.24 Å². The van der Waals surface area contributed by atoms with E-state index in [2.05, 4.69) is 30.1 Å². The maximum atomic E-state index is 13.3. The Morgan fingerprint density at radius 3 is 2.75 bits per heavy atom. The van der Waals surface area contributed by atoms with Gasteiger partial charge in [0.2, 0.25) is 5.78 Å². The fourth-order valence-corrected chi connectivity index (χ4v) is 4.49. The first kappa shape index (κ1) is 25.6. The number of nitrogens with two attached hydrogens (primary N) is 1. The van der Waals surface area contributed by atoms with Crippen molar-refractivity contribution in [3.8, 4) is 11.4 Å². The van der Waals surface area contributed by atoms with Crippen LogP contribution in [0, 0.1) is 13.8 Å². The van der Waals surface area contributed by atoms with Gasteiger partial charge in [-0.2, -0.15) is 5.10 Å². The van der Waals surface area contributed by atoms with Crippen LogP contribution in [-0.4, -0.2) is 39.6 Å². The molecule has 0 fully saturated rings. The minimum atomic E-state index is -0.202. The number of benzene rings is 2. The van der Waals surface area contributed by atoms with E-state index in [1.807, 2.05) is 74.7 Å². The zero-order valence-electron chi connectivity index (χ0n) is 20.5. The number of allylic oxidation sites excluding steroid dienone is 3. The molecule has 0 aliphatic rings. The summed E-state index contributed by atoms with van der Waals surface area (Å²) >= 11 is 1.53. The average molecular weight is 520 g/mol. The predicted octanol–water partition coefficient (Wildman–Crippen LogP) is 5.84. The fraction of sp³-hybridized carbons (Fsp3) is 0.185. The Labute approximate surface area is 217 Å². The van der Waals surface area contributed by atoms with E-state index in [0.717, 1.165) is 45.3 Å². The van der Waals surface area contributed by atoms with Crippen molar-refractivity contribution in [3.63, 3.8) is 0 Å². The van der Waals surface area contributed by atoms with Crippen LogP contribution >= 0.6 is 21.2 Å². The molecule has 4 rings (SSSR count). The molecule has 0 amide bonds. The Morgan fingerprint density at radius 2 is 2.00 bits per heavy atom. The molecule has 0 radical (unpaired) electrons. The second kappa shape index (κ2) is 11.5. The summed E-state index contributed by atoms with van der Waals surface area (Å²) in [4.78, 5) is 16.5. The second-order valence-corrected chi connectivity index (χ2v) is 9.36. The predicted molar refractivity (Wildman–Crippen MR) is 155 cm³/mol. The average Bonchev–Trinajstić information content (AvgIpc) is 3.44. The number of anilines is 2. The van der Waals surface area contributed by atoms with Gasteiger partial charge in [-0.25, -0.2) is 4.68 Å². The third-order valence-electron chi connectivity index (χ3n) is 5.74. The number of carbonyl (C=O) groups is 1. The van der Waals surface area contributed by atoms with Crippen molar-refractivity contribution in [2.75, 3.05) is 29.5 Å². The van der Waals surface area contributed by atoms with E-state index in [0.29, 0.717) is 23.7 Å². The normalized spacial score (nSPS) is 11.7. The summed E-state index contributed by atoms with van der Waals surface area (Å²) in [7, 11) is 2.65. The van der Waals surface area contributed by atoms with Gasteiger partial charge in [0.05, 0.1) is 23.1 Å². The molecule has 0 aliphatic heterocycles. The Balaban J connectivity index is 1.54. The van der Waals surface area contributed by atoms with Gasteiger partial charge in [-0.05, 0) is 73.6 Å². The molecule has 0 aliphatic carbocycles. The SMILES string of the molecule is CSNc1cc2[nH]c(C(=O)c3cnn(-c4ccc(OC/C=C\C=C/CP)cc4C)c3N)cc2cc1C. The van der Waals surface area contributed by atoms with Gasteiger partial charge in [0.1, 0.15) is 18.2 Å². The summed E-state index contributed by atoms with van der Waals surface area (Å²) in [5, 5.41) is 5.38. The number of ketones is 1.